The molecule has 1 heterocycles. The van der Waals surface area contributed by atoms with Gasteiger partial charge in [-0.3, -0.25) is 4.79 Å². The van der Waals surface area contributed by atoms with E-state index < -0.39 is 0 Å². The lowest BCUT2D eigenvalue weighted by Gasteiger charge is -2.05. The molecule has 0 radical (unpaired) electrons. The Kier molecular flexibility index (Phi) is 5.64. The first-order valence-electron chi connectivity index (χ1n) is 7.93. The number of methoxy groups -OCH3 is 1. The van der Waals surface area contributed by atoms with Crippen molar-refractivity contribution >= 4 is 28.1 Å². The molecule has 0 aliphatic rings. The third kappa shape index (κ3) is 4.81. The van der Waals surface area contributed by atoms with Crippen LogP contribution in [0.4, 0.5) is 10.8 Å². The van der Waals surface area contributed by atoms with E-state index in [1.807, 2.05) is 54.6 Å². The fourth-order valence-electron chi connectivity index (χ4n) is 2.28. The highest BCUT2D eigenvalue weighted by Gasteiger charge is 2.10. The predicted octanol–water partition coefficient (Wildman–Crippen LogP) is 3.87. The van der Waals surface area contributed by atoms with Crippen molar-refractivity contribution in [3.63, 3.8) is 0 Å². The van der Waals surface area contributed by atoms with Gasteiger partial charge in [-0.15, -0.1) is 0 Å². The molecule has 0 fully saturated rings. The lowest BCUT2D eigenvalue weighted by atomic mass is 10.1. The van der Waals surface area contributed by atoms with Crippen LogP contribution in [0.3, 0.4) is 0 Å². The summed E-state index contributed by atoms with van der Waals surface area (Å²) in [5.74, 6) is 0.725. The number of nitrogens with one attached hydrogen (secondary N) is 2. The Morgan fingerprint density at radius 3 is 2.60 bits per heavy atom. The third-order valence-electron chi connectivity index (χ3n) is 3.61. The molecule has 2 aromatic carbocycles. The molecule has 1 amide bonds. The van der Waals surface area contributed by atoms with Crippen molar-refractivity contribution in [2.24, 2.45) is 0 Å². The Bertz CT molecular complexity index is 816. The van der Waals surface area contributed by atoms with E-state index in [2.05, 4.69) is 15.6 Å². The second-order valence-corrected chi connectivity index (χ2v) is 6.41. The molecule has 0 aliphatic carbocycles. The number of rotatable bonds is 7. The fourth-order valence-corrected chi connectivity index (χ4v) is 3.03. The van der Waals surface area contributed by atoms with Crippen LogP contribution in [0.2, 0.25) is 0 Å². The van der Waals surface area contributed by atoms with E-state index in [-0.39, 0.29) is 5.91 Å². The summed E-state index contributed by atoms with van der Waals surface area (Å²) in [7, 11) is 1.64. The molecule has 128 valence electrons. The number of hydrogen-bond donors (Lipinski definition) is 2. The molecule has 0 saturated heterocycles. The van der Waals surface area contributed by atoms with Crippen molar-refractivity contribution in [1.29, 1.82) is 0 Å². The monoisotopic (exact) mass is 353 g/mol. The van der Waals surface area contributed by atoms with Gasteiger partial charge in [0.15, 0.2) is 5.13 Å². The molecular weight excluding hydrogens is 334 g/mol. The van der Waals surface area contributed by atoms with E-state index in [9.17, 15) is 4.79 Å². The minimum atomic E-state index is -0.105. The van der Waals surface area contributed by atoms with Gasteiger partial charge in [-0.1, -0.05) is 41.7 Å². The molecule has 0 atom stereocenters. The van der Waals surface area contributed by atoms with Gasteiger partial charge in [-0.05, 0) is 36.2 Å². The highest BCUT2D eigenvalue weighted by molar-refractivity contribution is 7.17. The first kappa shape index (κ1) is 17.0. The van der Waals surface area contributed by atoms with E-state index in [1.54, 1.807) is 13.3 Å². The zero-order valence-corrected chi connectivity index (χ0v) is 14.7. The Hall–Kier alpha value is -2.86. The van der Waals surface area contributed by atoms with Crippen LogP contribution >= 0.6 is 11.3 Å². The first-order valence-corrected chi connectivity index (χ1v) is 8.75. The number of anilines is 2. The molecule has 1 aromatic heterocycles. The van der Waals surface area contributed by atoms with Crippen LogP contribution in [-0.4, -0.2) is 24.5 Å². The van der Waals surface area contributed by atoms with Crippen LogP contribution in [0.5, 0.6) is 5.75 Å². The van der Waals surface area contributed by atoms with Crippen LogP contribution in [-0.2, 0) is 6.42 Å². The van der Waals surface area contributed by atoms with Crippen LogP contribution in [0.25, 0.3) is 0 Å². The number of carbonyl (C=O) groups is 1. The number of hydrogen-bond acceptors (Lipinski definition) is 5. The number of nitrogens with zero attached hydrogens (tertiary/aromatic N) is 1. The Morgan fingerprint density at radius 1 is 1.12 bits per heavy atom. The highest BCUT2D eigenvalue weighted by atomic mass is 32.1. The summed E-state index contributed by atoms with van der Waals surface area (Å²) in [5, 5.41) is 6.81. The summed E-state index contributed by atoms with van der Waals surface area (Å²) in [6.45, 7) is 0.574. The summed E-state index contributed by atoms with van der Waals surface area (Å²) < 4.78 is 5.13. The largest absolute Gasteiger partial charge is 0.497 e. The molecule has 3 rings (SSSR count). The molecule has 0 unspecified atom stereocenters. The van der Waals surface area contributed by atoms with Gasteiger partial charge in [-0.2, -0.15) is 0 Å². The predicted molar refractivity (Wildman–Crippen MR) is 101 cm³/mol. The molecule has 3 aromatic rings. The maximum atomic E-state index is 12.2. The van der Waals surface area contributed by atoms with Crippen LogP contribution in [0, 0.1) is 0 Å². The zero-order valence-electron chi connectivity index (χ0n) is 13.9. The van der Waals surface area contributed by atoms with Gasteiger partial charge in [0.2, 0.25) is 0 Å². The Morgan fingerprint density at radius 2 is 1.88 bits per heavy atom. The van der Waals surface area contributed by atoms with E-state index in [0.717, 1.165) is 23.4 Å². The van der Waals surface area contributed by atoms with Gasteiger partial charge in [0.05, 0.1) is 13.3 Å². The molecular formula is C19H19N3O2S. The van der Waals surface area contributed by atoms with E-state index in [0.29, 0.717) is 16.6 Å². The van der Waals surface area contributed by atoms with Crippen molar-refractivity contribution in [2.45, 2.75) is 6.42 Å². The van der Waals surface area contributed by atoms with Gasteiger partial charge < -0.3 is 15.4 Å². The average Bonchev–Trinajstić information content (AvgIpc) is 3.12. The fraction of sp³-hybridized carbons (Fsp3) is 0.158. The van der Waals surface area contributed by atoms with Crippen molar-refractivity contribution in [2.75, 3.05) is 19.0 Å². The number of aromatic nitrogens is 1. The standard InChI is InChI=1S/C19H19N3O2S/c1-24-16-9-7-14(8-10-16)11-12-20-18(23)17-13-21-19(25-17)22-15-5-3-2-4-6-15/h2-10,13H,11-12H2,1H3,(H,20,23)(H,21,22). The van der Waals surface area contributed by atoms with Crippen LogP contribution < -0.4 is 15.4 Å². The summed E-state index contributed by atoms with van der Waals surface area (Å²) in [6.07, 6.45) is 2.36. The van der Waals surface area contributed by atoms with Crippen LogP contribution in [0.15, 0.2) is 60.8 Å². The summed E-state index contributed by atoms with van der Waals surface area (Å²) in [5.41, 5.74) is 2.10. The third-order valence-corrected chi connectivity index (χ3v) is 4.52. The normalized spacial score (nSPS) is 10.3. The second kappa shape index (κ2) is 8.30. The van der Waals surface area contributed by atoms with E-state index in [1.165, 1.54) is 11.3 Å². The molecule has 6 heteroatoms. The maximum Gasteiger partial charge on any atom is 0.263 e. The van der Waals surface area contributed by atoms with E-state index >= 15 is 0 Å². The van der Waals surface area contributed by atoms with Crippen molar-refractivity contribution in [3.05, 3.63) is 71.2 Å². The quantitative estimate of drug-likeness (QED) is 0.677. The summed E-state index contributed by atoms with van der Waals surface area (Å²) >= 11 is 1.34. The van der Waals surface area contributed by atoms with Crippen molar-refractivity contribution in [1.82, 2.24) is 10.3 Å². The maximum absolute atomic E-state index is 12.2. The number of carbonyl (C=O) groups excluding carboxylic acids is 1. The highest BCUT2D eigenvalue weighted by Crippen LogP contribution is 2.22. The molecule has 0 spiro atoms. The van der Waals surface area contributed by atoms with Gasteiger partial charge in [0, 0.05) is 12.2 Å². The number of benzene rings is 2. The molecule has 0 aliphatic heterocycles. The smallest absolute Gasteiger partial charge is 0.263 e. The molecule has 5 nitrogen and oxygen atoms in total. The van der Waals surface area contributed by atoms with Gasteiger partial charge in [0.25, 0.3) is 5.91 Å². The number of thiazole rings is 1. The second-order valence-electron chi connectivity index (χ2n) is 5.37. The van der Waals surface area contributed by atoms with Crippen molar-refractivity contribution in [3.8, 4) is 5.75 Å². The van der Waals surface area contributed by atoms with Gasteiger partial charge in [-0.25, -0.2) is 4.98 Å². The Balaban J connectivity index is 1.49. The number of amides is 1. The molecule has 25 heavy (non-hydrogen) atoms. The molecule has 0 saturated carbocycles. The Labute approximate surface area is 150 Å². The first-order chi connectivity index (χ1) is 12.2. The lowest BCUT2D eigenvalue weighted by Crippen LogP contribution is -2.24. The molecule has 2 N–H and O–H groups in total. The summed E-state index contributed by atoms with van der Waals surface area (Å²) in [6, 6.07) is 17.6. The SMILES string of the molecule is COc1ccc(CCNC(=O)c2cnc(Nc3ccccc3)s2)cc1. The summed E-state index contributed by atoms with van der Waals surface area (Å²) in [4.78, 5) is 17.1. The zero-order chi connectivity index (χ0) is 17.5. The molecule has 0 bridgehead atoms. The topological polar surface area (TPSA) is 63.2 Å². The number of ether oxygens (including phenoxy) is 1. The van der Waals surface area contributed by atoms with E-state index in [4.69, 9.17) is 4.74 Å². The number of para-hydroxylation sites is 1. The van der Waals surface area contributed by atoms with Crippen LogP contribution in [0.1, 0.15) is 15.2 Å². The minimum absolute atomic E-state index is 0.105. The lowest BCUT2D eigenvalue weighted by molar-refractivity contribution is 0.0958. The average molecular weight is 353 g/mol. The van der Waals surface area contributed by atoms with Gasteiger partial charge in [0.1, 0.15) is 10.6 Å². The minimum Gasteiger partial charge on any atom is -0.497 e. The van der Waals surface area contributed by atoms with Crippen molar-refractivity contribution < 1.29 is 9.53 Å². The van der Waals surface area contributed by atoms with Gasteiger partial charge >= 0.3 is 0 Å².